The van der Waals surface area contributed by atoms with Crippen LogP contribution in [0.4, 0.5) is 0 Å². The van der Waals surface area contributed by atoms with E-state index in [4.69, 9.17) is 0 Å². The fraction of sp³-hybridized carbons (Fsp3) is 0.455. The zero-order valence-electron chi connectivity index (χ0n) is 18.5. The minimum atomic E-state index is -0.233. The Kier molecular flexibility index (Phi) is 7.12. The van der Waals surface area contributed by atoms with E-state index < -0.39 is 0 Å². The Morgan fingerprint density at radius 1 is 1.13 bits per heavy atom. The van der Waals surface area contributed by atoms with Crippen molar-refractivity contribution < 1.29 is 4.79 Å². The number of rotatable bonds is 9. The Hall–Kier alpha value is -2.84. The molecule has 0 spiro atoms. The molecule has 160 valence electrons. The van der Waals surface area contributed by atoms with E-state index in [1.165, 1.54) is 11.1 Å². The van der Waals surface area contributed by atoms with Gasteiger partial charge in [0.2, 0.25) is 0 Å². The highest BCUT2D eigenvalue weighted by atomic mass is 16.2. The van der Waals surface area contributed by atoms with Crippen molar-refractivity contribution in [2.45, 2.75) is 33.7 Å². The number of aryl methyl sites for hydroxylation is 1. The van der Waals surface area contributed by atoms with Gasteiger partial charge in [0.15, 0.2) is 0 Å². The lowest BCUT2D eigenvalue weighted by Crippen LogP contribution is -2.26. The van der Waals surface area contributed by atoms with Crippen molar-refractivity contribution in [1.29, 1.82) is 0 Å². The fourth-order valence-electron chi connectivity index (χ4n) is 3.74. The van der Waals surface area contributed by atoms with Crippen LogP contribution in [0.1, 0.15) is 42.1 Å². The number of hydrogen-bond donors (Lipinski definition) is 2. The van der Waals surface area contributed by atoms with Crippen molar-refractivity contribution in [3.05, 3.63) is 52.4 Å². The molecule has 1 aliphatic rings. The second kappa shape index (κ2) is 9.77. The van der Waals surface area contributed by atoms with Crippen molar-refractivity contribution in [3.63, 3.8) is 0 Å². The minimum Gasteiger partial charge on any atom is -0.359 e. The first-order chi connectivity index (χ1) is 14.4. The average Bonchev–Trinajstić information content (AvgIpc) is 3.23. The molecule has 8 heteroatoms. The van der Waals surface area contributed by atoms with Crippen LogP contribution in [0, 0.1) is 6.92 Å². The quantitative estimate of drug-likeness (QED) is 0.618. The Morgan fingerprint density at radius 3 is 2.53 bits per heavy atom. The second-order valence-corrected chi connectivity index (χ2v) is 7.69. The Morgan fingerprint density at radius 2 is 1.90 bits per heavy atom. The highest BCUT2D eigenvalue weighted by molar-refractivity contribution is 6.32. The van der Waals surface area contributed by atoms with E-state index in [9.17, 15) is 4.79 Å². The molecule has 1 amide bonds. The van der Waals surface area contributed by atoms with Crippen molar-refractivity contribution in [3.8, 4) is 0 Å². The van der Waals surface area contributed by atoms with Gasteiger partial charge >= 0.3 is 0 Å². The largest absolute Gasteiger partial charge is 0.359 e. The van der Waals surface area contributed by atoms with E-state index >= 15 is 0 Å². The molecule has 0 aromatic carbocycles. The molecule has 2 aromatic heterocycles. The minimum absolute atomic E-state index is 0.233. The van der Waals surface area contributed by atoms with Gasteiger partial charge in [-0.15, -0.1) is 0 Å². The van der Waals surface area contributed by atoms with Gasteiger partial charge in [0.05, 0.1) is 11.8 Å². The molecule has 2 N–H and O–H groups in total. The Balaban J connectivity index is 1.99. The molecular formula is C22H31N7O. The highest BCUT2D eigenvalue weighted by Gasteiger charge is 2.26. The number of aromatic amines is 1. The predicted octanol–water partition coefficient (Wildman–Crippen LogP) is 1.98. The van der Waals surface area contributed by atoms with Crippen LogP contribution in [0.2, 0.25) is 0 Å². The number of hydrazone groups is 1. The normalized spacial score (nSPS) is 15.4. The van der Waals surface area contributed by atoms with E-state index in [-0.39, 0.29) is 5.91 Å². The first-order valence-electron chi connectivity index (χ1n) is 10.4. The maximum atomic E-state index is 12.5. The monoisotopic (exact) mass is 409 g/mol. The number of carbonyl (C=O) groups excluding carboxylic acids is 1. The van der Waals surface area contributed by atoms with Gasteiger partial charge in [-0.25, -0.2) is 5.43 Å². The molecule has 0 aliphatic carbocycles. The molecule has 0 radical (unpaired) electrons. The average molecular weight is 410 g/mol. The highest BCUT2D eigenvalue weighted by Crippen LogP contribution is 2.25. The van der Waals surface area contributed by atoms with Gasteiger partial charge in [-0.1, -0.05) is 13.8 Å². The van der Waals surface area contributed by atoms with Crippen molar-refractivity contribution >= 4 is 17.7 Å². The van der Waals surface area contributed by atoms with Gasteiger partial charge < -0.3 is 14.8 Å². The van der Waals surface area contributed by atoms with Crippen molar-refractivity contribution in [2.24, 2.45) is 5.10 Å². The topological polar surface area (TPSA) is 89.5 Å². The third-order valence-corrected chi connectivity index (χ3v) is 5.37. The van der Waals surface area contributed by atoms with Gasteiger partial charge in [-0.05, 0) is 57.7 Å². The van der Waals surface area contributed by atoms with Gasteiger partial charge in [0, 0.05) is 36.9 Å². The summed E-state index contributed by atoms with van der Waals surface area (Å²) in [6, 6.07) is 0. The van der Waals surface area contributed by atoms with E-state index in [1.54, 1.807) is 18.6 Å². The zero-order chi connectivity index (χ0) is 21.7. The fourth-order valence-corrected chi connectivity index (χ4v) is 3.74. The van der Waals surface area contributed by atoms with Crippen LogP contribution < -0.4 is 5.43 Å². The number of hydrogen-bond acceptors (Lipinski definition) is 6. The molecule has 0 fully saturated rings. The van der Waals surface area contributed by atoms with Crippen LogP contribution in [0.3, 0.4) is 0 Å². The molecule has 30 heavy (non-hydrogen) atoms. The van der Waals surface area contributed by atoms with Crippen LogP contribution in [0.15, 0.2) is 29.3 Å². The van der Waals surface area contributed by atoms with Crippen LogP contribution >= 0.6 is 0 Å². The molecule has 1 aliphatic heterocycles. The van der Waals surface area contributed by atoms with E-state index in [0.29, 0.717) is 17.0 Å². The van der Waals surface area contributed by atoms with E-state index in [1.807, 2.05) is 6.08 Å². The maximum absolute atomic E-state index is 12.5. The number of carbonyl (C=O) groups is 1. The predicted molar refractivity (Wildman–Crippen MR) is 119 cm³/mol. The summed E-state index contributed by atoms with van der Waals surface area (Å²) < 4.78 is 0. The van der Waals surface area contributed by atoms with Crippen LogP contribution in [0.25, 0.3) is 6.08 Å². The van der Waals surface area contributed by atoms with E-state index in [0.717, 1.165) is 44.0 Å². The molecule has 0 atom stereocenters. The van der Waals surface area contributed by atoms with E-state index in [2.05, 4.69) is 70.1 Å². The third kappa shape index (κ3) is 4.83. The van der Waals surface area contributed by atoms with Crippen LogP contribution in [-0.4, -0.2) is 70.1 Å². The van der Waals surface area contributed by atoms with Crippen LogP contribution in [-0.2, 0) is 17.8 Å². The SMILES string of the molecule is CCN(CC)CCc1c(C)[nH]c(C=C2C(=O)NN=C2c2cnccn2)c1CN(C)C. The van der Waals surface area contributed by atoms with Gasteiger partial charge in [0.25, 0.3) is 5.91 Å². The van der Waals surface area contributed by atoms with Crippen molar-refractivity contribution in [1.82, 2.24) is 30.2 Å². The number of H-pyrrole nitrogens is 1. The number of nitrogens with zero attached hydrogens (tertiary/aromatic N) is 5. The van der Waals surface area contributed by atoms with Gasteiger partial charge in [-0.2, -0.15) is 5.10 Å². The molecule has 2 aromatic rings. The summed E-state index contributed by atoms with van der Waals surface area (Å²) >= 11 is 0. The first-order valence-corrected chi connectivity index (χ1v) is 10.4. The van der Waals surface area contributed by atoms with Crippen LogP contribution in [0.5, 0.6) is 0 Å². The summed E-state index contributed by atoms with van der Waals surface area (Å²) in [5.41, 5.74) is 8.76. The van der Waals surface area contributed by atoms with Gasteiger partial charge in [-0.3, -0.25) is 14.8 Å². The number of nitrogens with one attached hydrogen (secondary N) is 2. The zero-order valence-corrected chi connectivity index (χ0v) is 18.5. The maximum Gasteiger partial charge on any atom is 0.273 e. The molecular weight excluding hydrogens is 378 g/mol. The summed E-state index contributed by atoms with van der Waals surface area (Å²) in [4.78, 5) is 29.0. The standard InChI is InChI=1S/C22H31N7O/c1-6-29(7-2)11-8-16-15(3)25-19(18(16)14-28(4)5)12-17-21(26-27-22(17)30)20-13-23-9-10-24-20/h9-10,12-13,25H,6-8,11,14H2,1-5H3,(H,27,30). The van der Waals surface area contributed by atoms with Gasteiger partial charge in [0.1, 0.15) is 11.4 Å². The number of aromatic nitrogens is 3. The molecule has 3 heterocycles. The summed E-state index contributed by atoms with van der Waals surface area (Å²) in [5, 5.41) is 4.18. The lowest BCUT2D eigenvalue weighted by Gasteiger charge is -2.19. The second-order valence-electron chi connectivity index (χ2n) is 7.69. The molecule has 3 rings (SSSR count). The summed E-state index contributed by atoms with van der Waals surface area (Å²) in [6.45, 7) is 10.4. The van der Waals surface area contributed by atoms with Crippen molar-refractivity contribution in [2.75, 3.05) is 33.7 Å². The molecule has 8 nitrogen and oxygen atoms in total. The summed E-state index contributed by atoms with van der Waals surface area (Å²) in [7, 11) is 4.12. The Bertz CT molecular complexity index is 940. The molecule has 0 saturated heterocycles. The summed E-state index contributed by atoms with van der Waals surface area (Å²) in [5.74, 6) is -0.233. The third-order valence-electron chi connectivity index (χ3n) is 5.37. The lowest BCUT2D eigenvalue weighted by molar-refractivity contribution is -0.116. The number of likely N-dealkylation sites (N-methyl/N-ethyl adjacent to an activating group) is 1. The molecule has 0 unspecified atom stereocenters. The first kappa shape index (κ1) is 21.9. The Labute approximate surface area is 178 Å². The number of amides is 1. The summed E-state index contributed by atoms with van der Waals surface area (Å²) in [6.07, 6.45) is 7.67. The lowest BCUT2D eigenvalue weighted by atomic mass is 10.0. The smallest absolute Gasteiger partial charge is 0.273 e. The molecule has 0 saturated carbocycles. The molecule has 0 bridgehead atoms.